The van der Waals surface area contributed by atoms with E-state index < -0.39 is 5.97 Å². The Labute approximate surface area is 167 Å². The van der Waals surface area contributed by atoms with Crippen molar-refractivity contribution in [3.8, 4) is 6.07 Å². The van der Waals surface area contributed by atoms with Gasteiger partial charge in [0, 0.05) is 24.0 Å². The van der Waals surface area contributed by atoms with Crippen LogP contribution in [0.25, 0.3) is 6.08 Å². The number of amides is 1. The predicted molar refractivity (Wildman–Crippen MR) is 108 cm³/mol. The van der Waals surface area contributed by atoms with Gasteiger partial charge in [-0.05, 0) is 50.3 Å². The largest absolute Gasteiger partial charge is 0.451 e. The maximum atomic E-state index is 12.3. The standard InChI is InChI=1S/C22H31N3O3/c1-15(2)13-25-16(3)10-18(17(25)4)11-19(12-23)22(27)28-14-21(26)24-20-8-6-5-7-9-20/h10-11,15,20H,5-9,13-14H2,1-4H3,(H,24,26)/b19-11+. The quantitative estimate of drug-likeness (QED) is 0.441. The fraction of sp³-hybridized carbons (Fsp3) is 0.591. The Morgan fingerprint density at radius 3 is 2.61 bits per heavy atom. The van der Waals surface area contributed by atoms with E-state index in [-0.39, 0.29) is 24.1 Å². The molecule has 0 unspecified atom stereocenters. The van der Waals surface area contributed by atoms with Crippen LogP contribution in [0, 0.1) is 31.1 Å². The van der Waals surface area contributed by atoms with Gasteiger partial charge in [0.1, 0.15) is 11.6 Å². The molecule has 0 aromatic carbocycles. The molecule has 6 heteroatoms. The Morgan fingerprint density at radius 1 is 1.32 bits per heavy atom. The van der Waals surface area contributed by atoms with Crippen molar-refractivity contribution in [1.29, 1.82) is 5.26 Å². The molecule has 0 radical (unpaired) electrons. The number of aryl methyl sites for hydroxylation is 1. The number of hydrogen-bond donors (Lipinski definition) is 1. The number of aromatic nitrogens is 1. The molecule has 2 rings (SSSR count). The molecule has 0 bridgehead atoms. The van der Waals surface area contributed by atoms with Crippen LogP contribution in [0.3, 0.4) is 0 Å². The summed E-state index contributed by atoms with van der Waals surface area (Å²) in [5.41, 5.74) is 2.80. The Bertz CT molecular complexity index is 778. The van der Waals surface area contributed by atoms with Crippen molar-refractivity contribution in [3.63, 3.8) is 0 Å². The minimum absolute atomic E-state index is 0.102. The molecule has 6 nitrogen and oxygen atoms in total. The number of carbonyl (C=O) groups excluding carboxylic acids is 2. The zero-order chi connectivity index (χ0) is 20.7. The molecular weight excluding hydrogens is 354 g/mol. The van der Waals surface area contributed by atoms with Crippen LogP contribution in [0.1, 0.15) is 62.9 Å². The molecule has 1 aliphatic carbocycles. The molecule has 0 spiro atoms. The van der Waals surface area contributed by atoms with Crippen LogP contribution < -0.4 is 5.32 Å². The van der Waals surface area contributed by atoms with E-state index in [2.05, 4.69) is 23.7 Å². The van der Waals surface area contributed by atoms with Crippen molar-refractivity contribution >= 4 is 18.0 Å². The molecule has 0 atom stereocenters. The lowest BCUT2D eigenvalue weighted by Crippen LogP contribution is -2.38. The first kappa shape index (κ1) is 21.7. The molecule has 28 heavy (non-hydrogen) atoms. The molecule has 1 saturated carbocycles. The number of carbonyl (C=O) groups is 2. The van der Waals surface area contributed by atoms with Gasteiger partial charge < -0.3 is 14.6 Å². The van der Waals surface area contributed by atoms with Gasteiger partial charge in [-0.2, -0.15) is 5.26 Å². The Morgan fingerprint density at radius 2 is 2.00 bits per heavy atom. The first-order valence-electron chi connectivity index (χ1n) is 10.1. The highest BCUT2D eigenvalue weighted by Crippen LogP contribution is 2.20. The number of nitriles is 1. The predicted octanol–water partition coefficient (Wildman–Crippen LogP) is 3.66. The summed E-state index contributed by atoms with van der Waals surface area (Å²) < 4.78 is 7.24. The molecule has 1 heterocycles. The number of ether oxygens (including phenoxy) is 1. The fourth-order valence-electron chi connectivity index (χ4n) is 3.64. The van der Waals surface area contributed by atoms with Crippen LogP contribution >= 0.6 is 0 Å². The maximum absolute atomic E-state index is 12.3. The molecule has 1 aliphatic rings. The molecule has 1 aromatic heterocycles. The van der Waals surface area contributed by atoms with Gasteiger partial charge in [0.2, 0.25) is 0 Å². The van der Waals surface area contributed by atoms with E-state index in [0.29, 0.717) is 5.92 Å². The first-order valence-corrected chi connectivity index (χ1v) is 10.1. The summed E-state index contributed by atoms with van der Waals surface area (Å²) in [6.45, 7) is 8.78. The minimum Gasteiger partial charge on any atom is -0.451 e. The topological polar surface area (TPSA) is 84.1 Å². The third-order valence-electron chi connectivity index (χ3n) is 5.11. The lowest BCUT2D eigenvalue weighted by molar-refractivity contribution is -0.144. The average Bonchev–Trinajstić information content (AvgIpc) is 2.92. The minimum atomic E-state index is -0.769. The molecule has 152 valence electrons. The highest BCUT2D eigenvalue weighted by atomic mass is 16.5. The fourth-order valence-corrected chi connectivity index (χ4v) is 3.64. The number of nitrogens with one attached hydrogen (secondary N) is 1. The van der Waals surface area contributed by atoms with Gasteiger partial charge in [0.05, 0.1) is 0 Å². The van der Waals surface area contributed by atoms with Gasteiger partial charge in [-0.15, -0.1) is 0 Å². The number of esters is 1. The zero-order valence-electron chi connectivity index (χ0n) is 17.4. The van der Waals surface area contributed by atoms with E-state index >= 15 is 0 Å². The number of hydrogen-bond acceptors (Lipinski definition) is 4. The molecule has 1 N–H and O–H groups in total. The Kier molecular flexibility index (Phi) is 7.86. The molecule has 1 amide bonds. The van der Waals surface area contributed by atoms with Gasteiger partial charge >= 0.3 is 5.97 Å². The van der Waals surface area contributed by atoms with E-state index in [0.717, 1.165) is 49.2 Å². The summed E-state index contributed by atoms with van der Waals surface area (Å²) in [5, 5.41) is 12.3. The van der Waals surface area contributed by atoms with E-state index in [4.69, 9.17) is 4.74 Å². The van der Waals surface area contributed by atoms with Crippen molar-refractivity contribution in [3.05, 3.63) is 28.6 Å². The highest BCUT2D eigenvalue weighted by Gasteiger charge is 2.18. The maximum Gasteiger partial charge on any atom is 0.349 e. The summed E-state index contributed by atoms with van der Waals surface area (Å²) in [7, 11) is 0. The van der Waals surface area contributed by atoms with Crippen molar-refractivity contribution in [1.82, 2.24) is 9.88 Å². The van der Waals surface area contributed by atoms with Crippen LogP contribution in [0.4, 0.5) is 0 Å². The summed E-state index contributed by atoms with van der Waals surface area (Å²) in [4.78, 5) is 24.3. The molecule has 1 aromatic rings. The van der Waals surface area contributed by atoms with E-state index in [1.165, 1.54) is 6.42 Å². The summed E-state index contributed by atoms with van der Waals surface area (Å²) >= 11 is 0. The van der Waals surface area contributed by atoms with Crippen LogP contribution in [-0.2, 0) is 20.9 Å². The van der Waals surface area contributed by atoms with Crippen LogP contribution in [0.2, 0.25) is 0 Å². The van der Waals surface area contributed by atoms with Crippen molar-refractivity contribution in [2.75, 3.05) is 6.61 Å². The Hall–Kier alpha value is -2.55. The van der Waals surface area contributed by atoms with Crippen LogP contribution in [-0.4, -0.2) is 29.1 Å². The average molecular weight is 386 g/mol. The Balaban J connectivity index is 1.99. The smallest absolute Gasteiger partial charge is 0.349 e. The molecule has 0 saturated heterocycles. The van der Waals surface area contributed by atoms with E-state index in [9.17, 15) is 14.9 Å². The molecule has 0 aliphatic heterocycles. The zero-order valence-corrected chi connectivity index (χ0v) is 17.4. The molecule has 1 fully saturated rings. The summed E-state index contributed by atoms with van der Waals surface area (Å²) in [5.74, 6) is -0.590. The van der Waals surface area contributed by atoms with Gasteiger partial charge in [-0.25, -0.2) is 4.79 Å². The number of nitrogens with zero attached hydrogens (tertiary/aromatic N) is 2. The third kappa shape index (κ3) is 5.98. The second-order valence-electron chi connectivity index (χ2n) is 7.98. The second kappa shape index (κ2) is 10.1. The van der Waals surface area contributed by atoms with Crippen molar-refractivity contribution < 1.29 is 14.3 Å². The lowest BCUT2D eigenvalue weighted by Gasteiger charge is -2.22. The van der Waals surface area contributed by atoms with Crippen LogP contribution in [0.5, 0.6) is 0 Å². The van der Waals surface area contributed by atoms with Gasteiger partial charge in [-0.3, -0.25) is 4.79 Å². The lowest BCUT2D eigenvalue weighted by atomic mass is 9.95. The number of rotatable bonds is 7. The summed E-state index contributed by atoms with van der Waals surface area (Å²) in [6.07, 6.45) is 6.91. The van der Waals surface area contributed by atoms with E-state index in [1.54, 1.807) is 6.08 Å². The van der Waals surface area contributed by atoms with Gasteiger partial charge in [0.15, 0.2) is 6.61 Å². The third-order valence-corrected chi connectivity index (χ3v) is 5.11. The normalized spacial score (nSPS) is 15.4. The first-order chi connectivity index (χ1) is 13.3. The van der Waals surface area contributed by atoms with Crippen LogP contribution in [0.15, 0.2) is 11.6 Å². The van der Waals surface area contributed by atoms with Gasteiger partial charge in [0.25, 0.3) is 5.91 Å². The monoisotopic (exact) mass is 385 g/mol. The SMILES string of the molecule is Cc1cc(/C=C(\C#N)C(=O)OCC(=O)NC2CCCCC2)c(C)n1CC(C)C. The highest BCUT2D eigenvalue weighted by molar-refractivity contribution is 5.99. The second-order valence-corrected chi connectivity index (χ2v) is 7.98. The van der Waals surface area contributed by atoms with Crippen molar-refractivity contribution in [2.45, 2.75) is 72.4 Å². The summed E-state index contributed by atoms with van der Waals surface area (Å²) in [6, 6.07) is 4.02. The molecular formula is C22H31N3O3. The van der Waals surface area contributed by atoms with Crippen molar-refractivity contribution in [2.24, 2.45) is 5.92 Å². The van der Waals surface area contributed by atoms with Gasteiger partial charge in [-0.1, -0.05) is 33.1 Å². The van der Waals surface area contributed by atoms with E-state index in [1.807, 2.05) is 26.0 Å².